The maximum Gasteiger partial charge on any atom is 0.352 e. The zero-order valence-corrected chi connectivity index (χ0v) is 17.9. The second kappa shape index (κ2) is 9.65. The number of aromatic nitrogens is 1. The number of hydrogen-bond donors (Lipinski definition) is 4. The van der Waals surface area contributed by atoms with Crippen molar-refractivity contribution in [3.8, 4) is 0 Å². The van der Waals surface area contributed by atoms with Gasteiger partial charge in [-0.1, -0.05) is 17.8 Å². The molecule has 0 radical (unpaired) electrons. The van der Waals surface area contributed by atoms with Gasteiger partial charge in [-0.15, -0.1) is 23.1 Å². The highest BCUT2D eigenvalue weighted by Gasteiger charge is 2.54. The fourth-order valence-corrected chi connectivity index (χ4v) is 4.79. The van der Waals surface area contributed by atoms with Crippen LogP contribution in [0.15, 0.2) is 46.6 Å². The van der Waals surface area contributed by atoms with E-state index in [1.807, 2.05) is 0 Å². The average molecular weight is 479 g/mol. The van der Waals surface area contributed by atoms with E-state index in [1.54, 1.807) is 0 Å². The molecule has 2 aliphatic rings. The molecule has 0 aromatic carbocycles. The van der Waals surface area contributed by atoms with Crippen LogP contribution < -0.4 is 11.1 Å². The molecule has 12 nitrogen and oxygen atoms in total. The molecule has 1 fully saturated rings. The minimum Gasteiger partial charge on any atom is -0.478 e. The van der Waals surface area contributed by atoms with Gasteiger partial charge in [-0.25, -0.2) is 14.6 Å². The van der Waals surface area contributed by atoms with Gasteiger partial charge >= 0.3 is 11.9 Å². The standard InChI is InChI=1S/C18H17N5O7S2/c1-2-8-6-31-16-12(15(27)23(16)13(8)17(28)29)21-14(26)11(9-7-32-18(19)20-9)22-30-5-3-4-10(24)25/h2-4,7,12,16H,1,5-6H2,(H2,19,20)(H,21,26)(H,24,25)(H,28,29)/b4-3+,22-11?/t12?,16-/m0/s1. The number of oxime groups is 1. The third-order valence-electron chi connectivity index (χ3n) is 4.30. The van der Waals surface area contributed by atoms with E-state index < -0.39 is 35.2 Å². The fraction of sp³-hybridized carbons (Fsp3) is 0.222. The summed E-state index contributed by atoms with van der Waals surface area (Å²) in [6.07, 6.45) is 3.42. The molecule has 0 aliphatic carbocycles. The smallest absolute Gasteiger partial charge is 0.352 e. The van der Waals surface area contributed by atoms with Gasteiger partial charge in [0.1, 0.15) is 29.4 Å². The van der Waals surface area contributed by atoms with Gasteiger partial charge in [0.05, 0.1) is 0 Å². The molecule has 1 aromatic rings. The number of aliphatic carboxylic acids is 2. The van der Waals surface area contributed by atoms with Gasteiger partial charge in [-0.05, 0) is 11.6 Å². The fourth-order valence-electron chi connectivity index (χ4n) is 2.90. The van der Waals surface area contributed by atoms with Crippen LogP contribution in [-0.4, -0.2) is 73.3 Å². The van der Waals surface area contributed by atoms with Crippen LogP contribution in [0.3, 0.4) is 0 Å². The molecule has 2 amide bonds. The van der Waals surface area contributed by atoms with E-state index in [1.165, 1.54) is 29.3 Å². The number of thiazole rings is 1. The first-order valence-electron chi connectivity index (χ1n) is 8.89. The summed E-state index contributed by atoms with van der Waals surface area (Å²) in [5, 5.41) is 25.3. The molecule has 168 valence electrons. The Kier molecular flexibility index (Phi) is 6.95. The number of nitrogens with two attached hydrogens (primary N) is 1. The number of hydrogen-bond acceptors (Lipinski definition) is 10. The summed E-state index contributed by atoms with van der Waals surface area (Å²) in [5.74, 6) is -3.49. The van der Waals surface area contributed by atoms with Crippen LogP contribution in [0.5, 0.6) is 0 Å². The summed E-state index contributed by atoms with van der Waals surface area (Å²) < 4.78 is 0. The molecule has 0 saturated carbocycles. The summed E-state index contributed by atoms with van der Waals surface area (Å²) >= 11 is 2.35. The Morgan fingerprint density at radius 3 is 2.78 bits per heavy atom. The average Bonchev–Trinajstić information content (AvgIpc) is 3.18. The van der Waals surface area contributed by atoms with Crippen molar-refractivity contribution in [1.29, 1.82) is 0 Å². The number of carbonyl (C=O) groups excluding carboxylic acids is 2. The summed E-state index contributed by atoms with van der Waals surface area (Å²) in [6, 6.07) is -0.985. The van der Waals surface area contributed by atoms with Gasteiger partial charge in [-0.2, -0.15) is 0 Å². The van der Waals surface area contributed by atoms with Crippen molar-refractivity contribution in [2.45, 2.75) is 11.4 Å². The van der Waals surface area contributed by atoms with E-state index in [0.717, 1.165) is 22.3 Å². The van der Waals surface area contributed by atoms with Crippen LogP contribution in [0.4, 0.5) is 5.13 Å². The number of nitrogen functional groups attached to an aromatic ring is 1. The first kappa shape index (κ1) is 23.0. The summed E-state index contributed by atoms with van der Waals surface area (Å²) in [5.41, 5.74) is 5.71. The molecule has 2 aliphatic heterocycles. The molecule has 2 atom stereocenters. The maximum atomic E-state index is 12.8. The van der Waals surface area contributed by atoms with E-state index in [2.05, 4.69) is 22.0 Å². The molecule has 3 heterocycles. The lowest BCUT2D eigenvalue weighted by molar-refractivity contribution is -0.150. The van der Waals surface area contributed by atoms with Gasteiger partial charge in [0, 0.05) is 17.2 Å². The minimum absolute atomic E-state index is 0.104. The summed E-state index contributed by atoms with van der Waals surface area (Å²) in [4.78, 5) is 57.7. The zero-order chi connectivity index (χ0) is 23.4. The monoisotopic (exact) mass is 479 g/mol. The number of amides is 2. The molecular formula is C18H17N5O7S2. The molecule has 1 aromatic heterocycles. The molecule has 32 heavy (non-hydrogen) atoms. The molecule has 1 unspecified atom stereocenters. The molecule has 1 saturated heterocycles. The van der Waals surface area contributed by atoms with E-state index in [9.17, 15) is 24.3 Å². The molecule has 5 N–H and O–H groups in total. The number of anilines is 1. The third kappa shape index (κ3) is 4.65. The van der Waals surface area contributed by atoms with Crippen LogP contribution in [0, 0.1) is 0 Å². The van der Waals surface area contributed by atoms with Gasteiger partial charge in [0.15, 0.2) is 10.8 Å². The highest BCUT2D eigenvalue weighted by molar-refractivity contribution is 8.00. The predicted octanol–water partition coefficient (Wildman–Crippen LogP) is 0.0114. The van der Waals surface area contributed by atoms with Crippen molar-refractivity contribution in [3.05, 3.63) is 47.2 Å². The van der Waals surface area contributed by atoms with Crippen LogP contribution in [0.2, 0.25) is 0 Å². The lowest BCUT2D eigenvalue weighted by Gasteiger charge is -2.49. The van der Waals surface area contributed by atoms with Crippen LogP contribution >= 0.6 is 23.1 Å². The quantitative estimate of drug-likeness (QED) is 0.124. The number of carboxylic acids is 2. The number of carbonyl (C=O) groups is 4. The van der Waals surface area contributed by atoms with E-state index in [0.29, 0.717) is 11.3 Å². The number of allylic oxidation sites excluding steroid dienone is 1. The Morgan fingerprint density at radius 1 is 1.44 bits per heavy atom. The first-order valence-corrected chi connectivity index (χ1v) is 10.8. The Balaban J connectivity index is 1.76. The van der Waals surface area contributed by atoms with Crippen molar-refractivity contribution in [3.63, 3.8) is 0 Å². The van der Waals surface area contributed by atoms with E-state index in [4.69, 9.17) is 15.7 Å². The lowest BCUT2D eigenvalue weighted by atomic mass is 10.0. The predicted molar refractivity (Wildman–Crippen MR) is 116 cm³/mol. The Bertz CT molecular complexity index is 1080. The Morgan fingerprint density at radius 2 is 2.19 bits per heavy atom. The number of thioether (sulfide) groups is 1. The third-order valence-corrected chi connectivity index (χ3v) is 6.28. The minimum atomic E-state index is -1.26. The largest absolute Gasteiger partial charge is 0.478 e. The van der Waals surface area contributed by atoms with Crippen LogP contribution in [0.25, 0.3) is 0 Å². The highest BCUT2D eigenvalue weighted by Crippen LogP contribution is 2.40. The van der Waals surface area contributed by atoms with Gasteiger partial charge < -0.3 is 26.1 Å². The number of fused-ring (bicyclic) bond motifs is 1. The zero-order valence-electron chi connectivity index (χ0n) is 16.3. The second-order valence-electron chi connectivity index (χ2n) is 6.29. The number of nitrogens with one attached hydrogen (secondary N) is 1. The van der Waals surface area contributed by atoms with Crippen molar-refractivity contribution in [2.75, 3.05) is 18.1 Å². The number of carboxylic acid groups (broad SMARTS) is 2. The van der Waals surface area contributed by atoms with Crippen molar-refractivity contribution >= 4 is 57.7 Å². The van der Waals surface area contributed by atoms with E-state index >= 15 is 0 Å². The van der Waals surface area contributed by atoms with Crippen molar-refractivity contribution in [2.24, 2.45) is 5.16 Å². The molecule has 0 spiro atoms. The second-order valence-corrected chi connectivity index (χ2v) is 8.29. The van der Waals surface area contributed by atoms with Gasteiger partial charge in [0.25, 0.3) is 11.8 Å². The number of nitrogens with zero attached hydrogens (tertiary/aromatic N) is 3. The SMILES string of the molecule is C=CC1=C(C(=O)O)N2C(=O)C(NC(=O)C(=NOC/C=C/C(=O)O)c3csc(N)n3)[C@@H]2SC1. The normalized spacial score (nSPS) is 20.6. The van der Waals surface area contributed by atoms with E-state index in [-0.39, 0.29) is 28.8 Å². The van der Waals surface area contributed by atoms with Gasteiger partial charge in [-0.3, -0.25) is 14.5 Å². The van der Waals surface area contributed by atoms with Crippen LogP contribution in [0.1, 0.15) is 5.69 Å². The first-order chi connectivity index (χ1) is 15.2. The molecular weight excluding hydrogens is 462 g/mol. The van der Waals surface area contributed by atoms with Gasteiger partial charge in [0.2, 0.25) is 0 Å². The molecule has 0 bridgehead atoms. The molecule has 14 heteroatoms. The highest BCUT2D eigenvalue weighted by atomic mass is 32.2. The summed E-state index contributed by atoms with van der Waals surface area (Å²) in [6.45, 7) is 3.35. The van der Waals surface area contributed by atoms with Crippen molar-refractivity contribution < 1.29 is 34.2 Å². The number of β-lactam (4-membered cyclic amide) rings is 1. The molecule has 3 rings (SSSR count). The summed E-state index contributed by atoms with van der Waals surface area (Å²) in [7, 11) is 0. The topological polar surface area (TPSA) is 185 Å². The maximum absolute atomic E-state index is 12.8. The Labute approximate surface area is 189 Å². The Hall–Kier alpha value is -3.65. The van der Waals surface area contributed by atoms with Crippen molar-refractivity contribution in [1.82, 2.24) is 15.2 Å². The lowest BCUT2D eigenvalue weighted by Crippen LogP contribution is -2.71. The van der Waals surface area contributed by atoms with Crippen LogP contribution in [-0.2, 0) is 24.0 Å². The number of rotatable bonds is 9.